The highest BCUT2D eigenvalue weighted by Gasteiger charge is 2.28. The van der Waals surface area contributed by atoms with Gasteiger partial charge in [0.15, 0.2) is 0 Å². The first-order valence-corrected chi connectivity index (χ1v) is 8.97. The van der Waals surface area contributed by atoms with Crippen LogP contribution in [0.5, 0.6) is 5.75 Å². The van der Waals surface area contributed by atoms with Crippen molar-refractivity contribution in [3.8, 4) is 5.75 Å². The summed E-state index contributed by atoms with van der Waals surface area (Å²) in [6.45, 7) is 2.17. The van der Waals surface area contributed by atoms with Gasteiger partial charge in [-0.25, -0.2) is 9.79 Å². The monoisotopic (exact) mass is 374 g/mol. The van der Waals surface area contributed by atoms with Crippen molar-refractivity contribution in [2.24, 2.45) is 10.9 Å². The third kappa shape index (κ3) is 3.32. The van der Waals surface area contributed by atoms with Gasteiger partial charge >= 0.3 is 11.7 Å². The number of thiophene rings is 1. The van der Waals surface area contributed by atoms with Crippen molar-refractivity contribution in [1.82, 2.24) is 0 Å². The number of fused-ring (bicyclic) bond motifs is 1. The van der Waals surface area contributed by atoms with Crippen molar-refractivity contribution >= 4 is 34.2 Å². The summed E-state index contributed by atoms with van der Waals surface area (Å²) in [6, 6.07) is 4.22. The summed E-state index contributed by atoms with van der Waals surface area (Å²) in [5, 5.41) is 21.5. The van der Waals surface area contributed by atoms with E-state index in [1.165, 1.54) is 42.9 Å². The summed E-state index contributed by atoms with van der Waals surface area (Å²) in [6.07, 6.45) is 4.04. The molecule has 0 aliphatic heterocycles. The van der Waals surface area contributed by atoms with Crippen molar-refractivity contribution in [3.63, 3.8) is 0 Å². The molecule has 2 aromatic rings. The van der Waals surface area contributed by atoms with Crippen LogP contribution in [-0.2, 0) is 17.6 Å². The predicted octanol–water partition coefficient (Wildman–Crippen LogP) is 4.02. The Labute approximate surface area is 154 Å². The number of nitro benzene ring substituents is 1. The van der Waals surface area contributed by atoms with E-state index in [-0.39, 0.29) is 11.3 Å². The standard InChI is InChI=1S/C18H18N2O5S/c1-10-6-7-12-14(8-10)26-17(15(12)18(22)25-2)19-9-11-4-3-5-13(16(11)21)20(23)24/h3-5,9-10,21H,6-8H2,1-2H3/b19-9+/t10-/m0/s1. The van der Waals surface area contributed by atoms with Crippen LogP contribution in [0, 0.1) is 16.0 Å². The smallest absolute Gasteiger partial charge is 0.341 e. The lowest BCUT2D eigenvalue weighted by Crippen LogP contribution is -2.12. The quantitative estimate of drug-likeness (QED) is 0.377. The summed E-state index contributed by atoms with van der Waals surface area (Å²) >= 11 is 1.43. The van der Waals surface area contributed by atoms with E-state index in [0.717, 1.165) is 29.7 Å². The number of hydrogen-bond donors (Lipinski definition) is 1. The fraction of sp³-hybridized carbons (Fsp3) is 0.333. The molecule has 1 aromatic heterocycles. The Balaban J connectivity index is 2.03. The first kappa shape index (κ1) is 18.1. The van der Waals surface area contributed by atoms with Crippen LogP contribution >= 0.6 is 11.3 Å². The zero-order chi connectivity index (χ0) is 18.8. The number of ether oxygens (including phenoxy) is 1. The third-order valence-corrected chi connectivity index (χ3v) is 5.61. The lowest BCUT2D eigenvalue weighted by Gasteiger charge is -2.18. The average Bonchev–Trinajstić information content (AvgIpc) is 2.97. The van der Waals surface area contributed by atoms with Crippen molar-refractivity contribution in [2.75, 3.05) is 7.11 Å². The highest BCUT2D eigenvalue weighted by molar-refractivity contribution is 7.16. The number of esters is 1. The maximum absolute atomic E-state index is 12.2. The van der Waals surface area contributed by atoms with Crippen molar-refractivity contribution in [2.45, 2.75) is 26.2 Å². The third-order valence-electron chi connectivity index (χ3n) is 4.45. The van der Waals surface area contributed by atoms with Crippen LogP contribution in [0.25, 0.3) is 0 Å². The molecule has 1 aliphatic rings. The van der Waals surface area contributed by atoms with Gasteiger partial charge in [0.1, 0.15) is 5.00 Å². The Kier molecular flexibility index (Phi) is 5.03. The van der Waals surface area contributed by atoms with Gasteiger partial charge in [0.25, 0.3) is 0 Å². The van der Waals surface area contributed by atoms with Crippen molar-refractivity contribution in [3.05, 3.63) is 49.9 Å². The van der Waals surface area contributed by atoms with Gasteiger partial charge < -0.3 is 9.84 Å². The Morgan fingerprint density at radius 1 is 1.50 bits per heavy atom. The van der Waals surface area contributed by atoms with Crippen LogP contribution < -0.4 is 0 Å². The van der Waals surface area contributed by atoms with E-state index in [0.29, 0.717) is 16.5 Å². The minimum Gasteiger partial charge on any atom is -0.502 e. The molecular formula is C18H18N2O5S. The number of nitrogens with zero attached hydrogens (tertiary/aromatic N) is 2. The van der Waals surface area contributed by atoms with E-state index in [1.807, 2.05) is 0 Å². The molecule has 0 amide bonds. The van der Waals surface area contributed by atoms with Gasteiger partial charge in [-0.05, 0) is 36.8 Å². The molecule has 1 aromatic carbocycles. The second-order valence-electron chi connectivity index (χ2n) is 6.25. The maximum atomic E-state index is 12.2. The number of carbonyl (C=O) groups is 1. The number of aliphatic imine (C=N–C) groups is 1. The maximum Gasteiger partial charge on any atom is 0.341 e. The molecule has 0 saturated heterocycles. The highest BCUT2D eigenvalue weighted by Crippen LogP contribution is 2.41. The molecule has 0 saturated carbocycles. The average molecular weight is 374 g/mol. The number of nitro groups is 1. The molecule has 8 heteroatoms. The van der Waals surface area contributed by atoms with E-state index in [4.69, 9.17) is 4.74 Å². The number of aromatic hydroxyl groups is 1. The van der Waals surface area contributed by atoms with Gasteiger partial charge in [-0.1, -0.05) is 13.0 Å². The Hall–Kier alpha value is -2.74. The molecule has 0 radical (unpaired) electrons. The molecule has 0 unspecified atom stereocenters. The number of rotatable bonds is 4. The minimum atomic E-state index is -0.655. The minimum absolute atomic E-state index is 0.217. The number of phenolic OH excluding ortho intramolecular Hbond substituents is 1. The Morgan fingerprint density at radius 2 is 2.27 bits per heavy atom. The molecule has 1 atom stereocenters. The van der Waals surface area contributed by atoms with Crippen LogP contribution in [0.4, 0.5) is 10.7 Å². The molecule has 136 valence electrons. The van der Waals surface area contributed by atoms with E-state index in [2.05, 4.69) is 11.9 Å². The summed E-state index contributed by atoms with van der Waals surface area (Å²) in [4.78, 5) is 28.0. The fourth-order valence-corrected chi connectivity index (χ4v) is 4.41. The molecule has 1 heterocycles. The Bertz CT molecular complexity index is 903. The largest absolute Gasteiger partial charge is 0.502 e. The molecule has 0 spiro atoms. The number of methoxy groups -OCH3 is 1. The lowest BCUT2D eigenvalue weighted by molar-refractivity contribution is -0.385. The number of para-hydroxylation sites is 1. The lowest BCUT2D eigenvalue weighted by atomic mass is 9.88. The molecule has 7 nitrogen and oxygen atoms in total. The topological polar surface area (TPSA) is 102 Å². The fourth-order valence-electron chi connectivity index (χ4n) is 3.07. The molecule has 3 rings (SSSR count). The molecule has 1 aliphatic carbocycles. The van der Waals surface area contributed by atoms with Crippen LogP contribution in [0.3, 0.4) is 0 Å². The van der Waals surface area contributed by atoms with E-state index in [9.17, 15) is 20.0 Å². The number of phenols is 1. The summed E-state index contributed by atoms with van der Waals surface area (Å²) in [5.41, 5.74) is 1.27. The summed E-state index contributed by atoms with van der Waals surface area (Å²) in [5.74, 6) is -0.340. The highest BCUT2D eigenvalue weighted by atomic mass is 32.1. The van der Waals surface area contributed by atoms with Crippen LogP contribution in [0.2, 0.25) is 0 Å². The Morgan fingerprint density at radius 3 is 2.96 bits per heavy atom. The van der Waals surface area contributed by atoms with Gasteiger partial charge in [0.05, 0.1) is 17.6 Å². The van der Waals surface area contributed by atoms with Crippen molar-refractivity contribution < 1.29 is 19.6 Å². The normalized spacial score (nSPS) is 16.5. The zero-order valence-corrected chi connectivity index (χ0v) is 15.2. The van der Waals surface area contributed by atoms with Crippen LogP contribution in [-0.4, -0.2) is 29.3 Å². The van der Waals surface area contributed by atoms with Gasteiger partial charge in [0, 0.05) is 22.7 Å². The first-order valence-electron chi connectivity index (χ1n) is 8.15. The van der Waals surface area contributed by atoms with E-state index >= 15 is 0 Å². The number of benzene rings is 1. The second kappa shape index (κ2) is 7.25. The number of hydrogen-bond acceptors (Lipinski definition) is 7. The zero-order valence-electron chi connectivity index (χ0n) is 14.4. The van der Waals surface area contributed by atoms with Crippen molar-refractivity contribution in [1.29, 1.82) is 0 Å². The van der Waals surface area contributed by atoms with E-state index in [1.54, 1.807) is 0 Å². The summed E-state index contributed by atoms with van der Waals surface area (Å²) < 4.78 is 4.91. The SMILES string of the molecule is COC(=O)c1c(/N=C/c2cccc([N+](=O)[O-])c2O)sc2c1CC[C@H](C)C2. The molecular weight excluding hydrogens is 356 g/mol. The number of carbonyl (C=O) groups excluding carboxylic acids is 1. The molecule has 0 bridgehead atoms. The van der Waals surface area contributed by atoms with Crippen LogP contribution in [0.1, 0.15) is 39.7 Å². The summed E-state index contributed by atoms with van der Waals surface area (Å²) in [7, 11) is 1.33. The molecule has 26 heavy (non-hydrogen) atoms. The molecule has 0 fully saturated rings. The van der Waals surface area contributed by atoms with Gasteiger partial charge in [-0.3, -0.25) is 10.1 Å². The van der Waals surface area contributed by atoms with E-state index < -0.39 is 16.6 Å². The van der Waals surface area contributed by atoms with Crippen LogP contribution in [0.15, 0.2) is 23.2 Å². The predicted molar refractivity (Wildman–Crippen MR) is 98.9 cm³/mol. The van der Waals surface area contributed by atoms with Gasteiger partial charge in [0.2, 0.25) is 5.75 Å². The molecule has 1 N–H and O–H groups in total. The van der Waals surface area contributed by atoms with Gasteiger partial charge in [-0.15, -0.1) is 11.3 Å². The second-order valence-corrected chi connectivity index (χ2v) is 7.34. The van der Waals surface area contributed by atoms with Gasteiger partial charge in [-0.2, -0.15) is 0 Å². The first-order chi connectivity index (χ1) is 12.4.